The molecule has 3 amide bonds. The number of ether oxygens (including phenoxy) is 3. The summed E-state index contributed by atoms with van der Waals surface area (Å²) in [5.41, 5.74) is 4.90. The highest BCUT2D eigenvalue weighted by atomic mass is 32.2. The van der Waals surface area contributed by atoms with Gasteiger partial charge in [0.05, 0.1) is 20.8 Å². The summed E-state index contributed by atoms with van der Waals surface area (Å²) in [7, 11) is 3.04. The lowest BCUT2D eigenvalue weighted by Crippen LogP contribution is -2.30. The second-order valence-corrected chi connectivity index (χ2v) is 14.9. The van der Waals surface area contributed by atoms with Gasteiger partial charge in [-0.05, 0) is 73.5 Å². The molecule has 6 rings (SSSR count). The summed E-state index contributed by atoms with van der Waals surface area (Å²) in [6.45, 7) is 3.91. The summed E-state index contributed by atoms with van der Waals surface area (Å²) in [5.74, 6) is -0.942. The molecule has 0 saturated heterocycles. The Morgan fingerprint density at radius 3 is 2.21 bits per heavy atom. The normalized spacial score (nSPS) is 11.6. The Bertz CT molecular complexity index is 2430. The third-order valence-corrected chi connectivity index (χ3v) is 11.0. The Morgan fingerprint density at radius 1 is 0.793 bits per heavy atom. The third-order valence-electron chi connectivity index (χ3n) is 8.83. The summed E-state index contributed by atoms with van der Waals surface area (Å²) < 4.78 is 16.3. The molecule has 5 aromatic carbocycles. The van der Waals surface area contributed by atoms with E-state index in [2.05, 4.69) is 16.0 Å². The van der Waals surface area contributed by atoms with Gasteiger partial charge in [0.2, 0.25) is 5.91 Å². The molecule has 0 bridgehead atoms. The van der Waals surface area contributed by atoms with Crippen molar-refractivity contribution in [1.29, 1.82) is 0 Å². The Kier molecular flexibility index (Phi) is 13.8. The maximum atomic E-state index is 14.3. The summed E-state index contributed by atoms with van der Waals surface area (Å²) in [6, 6.07) is 37.9. The number of thioether (sulfide) groups is 1. The van der Waals surface area contributed by atoms with Gasteiger partial charge in [0.15, 0.2) is 0 Å². The molecule has 294 valence electrons. The van der Waals surface area contributed by atoms with E-state index in [1.165, 1.54) is 43.4 Å². The molecule has 0 saturated carbocycles. The van der Waals surface area contributed by atoms with Crippen molar-refractivity contribution in [2.45, 2.75) is 24.0 Å². The third kappa shape index (κ3) is 10.2. The number of esters is 1. The number of hydrogen-bond donors (Lipinski definition) is 3. The van der Waals surface area contributed by atoms with Crippen LogP contribution >= 0.6 is 23.1 Å². The van der Waals surface area contributed by atoms with Crippen molar-refractivity contribution >= 4 is 63.6 Å². The Hall–Kier alpha value is -6.63. The molecule has 0 aliphatic heterocycles. The molecule has 10 nitrogen and oxygen atoms in total. The Labute approximate surface area is 345 Å². The fraction of sp³-hybridized carbons (Fsp3) is 0.130. The molecule has 0 fully saturated rings. The Balaban J connectivity index is 1.28. The van der Waals surface area contributed by atoms with Gasteiger partial charge in [0.25, 0.3) is 11.8 Å². The average Bonchev–Trinajstić information content (AvgIpc) is 3.67. The quantitative estimate of drug-likeness (QED) is 0.0531. The first kappa shape index (κ1) is 41.0. The van der Waals surface area contributed by atoms with Gasteiger partial charge in [-0.25, -0.2) is 4.79 Å². The number of aryl methyl sites for hydroxylation is 1. The van der Waals surface area contributed by atoms with Crippen LogP contribution in [0.4, 0.5) is 10.7 Å². The van der Waals surface area contributed by atoms with Crippen molar-refractivity contribution in [3.8, 4) is 22.6 Å². The summed E-state index contributed by atoms with van der Waals surface area (Å²) in [6.07, 6.45) is 1.53. The molecule has 1 atom stereocenters. The largest absolute Gasteiger partial charge is 0.497 e. The minimum Gasteiger partial charge on any atom is -0.497 e. The van der Waals surface area contributed by atoms with Crippen LogP contribution in [-0.4, -0.2) is 44.5 Å². The lowest BCUT2D eigenvalue weighted by Gasteiger charge is -2.18. The standard InChI is InChI=1S/C46H41N3O7S2/c1-5-56-46(53)40-37(30-21-19-29(2)20-22-30)28-57-45(40)49-44(52)41(31-13-8-6-9-14-31)58-36-18-12-17-34(26-36)47-43(51)38(48-42(50)32-15-10-7-11-16-32)25-33-23-24-35(54-3)27-39(33)55-4/h6-28,41H,5H2,1-4H3,(H,47,51)(H,48,50)(H,49,52)/b38-25+. The lowest BCUT2D eigenvalue weighted by atomic mass is 10.0. The minimum atomic E-state index is -0.754. The number of amides is 3. The number of methoxy groups -OCH3 is 2. The Morgan fingerprint density at radius 2 is 1.52 bits per heavy atom. The molecule has 1 aromatic heterocycles. The van der Waals surface area contributed by atoms with Crippen molar-refractivity contribution in [3.05, 3.63) is 166 Å². The van der Waals surface area contributed by atoms with Crippen LogP contribution in [-0.2, 0) is 14.3 Å². The van der Waals surface area contributed by atoms with Crippen LogP contribution in [0.25, 0.3) is 17.2 Å². The highest BCUT2D eigenvalue weighted by molar-refractivity contribution is 8.00. The highest BCUT2D eigenvalue weighted by Crippen LogP contribution is 2.41. The maximum Gasteiger partial charge on any atom is 0.341 e. The van der Waals surface area contributed by atoms with Crippen molar-refractivity contribution in [1.82, 2.24) is 5.32 Å². The van der Waals surface area contributed by atoms with Gasteiger partial charge in [-0.2, -0.15) is 0 Å². The maximum absolute atomic E-state index is 14.3. The zero-order chi connectivity index (χ0) is 41.0. The van der Waals surface area contributed by atoms with Crippen LogP contribution in [0.15, 0.2) is 143 Å². The smallest absolute Gasteiger partial charge is 0.341 e. The van der Waals surface area contributed by atoms with E-state index < -0.39 is 23.0 Å². The zero-order valence-corrected chi connectivity index (χ0v) is 33.9. The average molecular weight is 812 g/mol. The molecular weight excluding hydrogens is 771 g/mol. The molecule has 3 N–H and O–H groups in total. The minimum absolute atomic E-state index is 0.0322. The van der Waals surface area contributed by atoms with Crippen LogP contribution in [0, 0.1) is 6.92 Å². The van der Waals surface area contributed by atoms with Crippen molar-refractivity contribution < 1.29 is 33.4 Å². The predicted octanol–water partition coefficient (Wildman–Crippen LogP) is 9.80. The molecule has 1 unspecified atom stereocenters. The molecule has 6 aromatic rings. The van der Waals surface area contributed by atoms with Gasteiger partial charge >= 0.3 is 5.97 Å². The number of carbonyl (C=O) groups excluding carboxylic acids is 4. The van der Waals surface area contributed by atoms with E-state index in [4.69, 9.17) is 14.2 Å². The van der Waals surface area contributed by atoms with Crippen LogP contribution in [0.5, 0.6) is 11.5 Å². The fourth-order valence-corrected chi connectivity index (χ4v) is 7.94. The van der Waals surface area contributed by atoms with Gasteiger partial charge in [0, 0.05) is 38.7 Å². The topological polar surface area (TPSA) is 132 Å². The number of benzene rings is 5. The molecule has 1 heterocycles. The van der Waals surface area contributed by atoms with Crippen LogP contribution in [0.2, 0.25) is 0 Å². The van der Waals surface area contributed by atoms with Gasteiger partial charge in [-0.1, -0.05) is 84.4 Å². The van der Waals surface area contributed by atoms with E-state index in [1.807, 2.05) is 73.0 Å². The first-order chi connectivity index (χ1) is 28.2. The second-order valence-electron chi connectivity index (χ2n) is 12.8. The SMILES string of the molecule is CCOC(=O)c1c(-c2ccc(C)cc2)csc1NC(=O)C(Sc1cccc(NC(=O)/C(=C\c2ccc(OC)cc2OC)NC(=O)c2ccccc2)c1)c1ccccc1. The predicted molar refractivity (Wildman–Crippen MR) is 231 cm³/mol. The van der Waals surface area contributed by atoms with E-state index in [-0.39, 0.29) is 18.2 Å². The first-order valence-electron chi connectivity index (χ1n) is 18.3. The van der Waals surface area contributed by atoms with E-state index in [1.54, 1.807) is 73.7 Å². The van der Waals surface area contributed by atoms with E-state index >= 15 is 0 Å². The molecule has 0 aliphatic rings. The first-order valence-corrected chi connectivity index (χ1v) is 20.0. The van der Waals surface area contributed by atoms with Crippen LogP contribution < -0.4 is 25.4 Å². The van der Waals surface area contributed by atoms with E-state index in [9.17, 15) is 19.2 Å². The monoisotopic (exact) mass is 811 g/mol. The van der Waals surface area contributed by atoms with Crippen LogP contribution in [0.1, 0.15) is 49.6 Å². The van der Waals surface area contributed by atoms with Crippen LogP contribution in [0.3, 0.4) is 0 Å². The fourth-order valence-electron chi connectivity index (χ4n) is 5.90. The number of anilines is 2. The molecule has 0 spiro atoms. The lowest BCUT2D eigenvalue weighted by molar-refractivity contribution is -0.116. The van der Waals surface area contributed by atoms with Gasteiger partial charge in [0.1, 0.15) is 33.0 Å². The number of hydrogen-bond acceptors (Lipinski definition) is 9. The molecular formula is C46H41N3O7S2. The molecule has 12 heteroatoms. The van der Waals surface area contributed by atoms with E-state index in [0.717, 1.165) is 16.7 Å². The van der Waals surface area contributed by atoms with Crippen molar-refractivity contribution in [2.75, 3.05) is 31.5 Å². The number of rotatable bonds is 15. The molecule has 0 radical (unpaired) electrons. The van der Waals surface area contributed by atoms with Crippen molar-refractivity contribution in [2.24, 2.45) is 0 Å². The van der Waals surface area contributed by atoms with Gasteiger partial charge in [-0.3, -0.25) is 14.4 Å². The number of carbonyl (C=O) groups is 4. The summed E-state index contributed by atoms with van der Waals surface area (Å²) >= 11 is 2.54. The molecule has 0 aliphatic carbocycles. The number of nitrogens with one attached hydrogen (secondary N) is 3. The summed E-state index contributed by atoms with van der Waals surface area (Å²) in [4.78, 5) is 55.5. The van der Waals surface area contributed by atoms with E-state index in [0.29, 0.717) is 49.3 Å². The van der Waals surface area contributed by atoms with Gasteiger partial charge in [-0.15, -0.1) is 23.1 Å². The molecule has 58 heavy (non-hydrogen) atoms. The van der Waals surface area contributed by atoms with Crippen molar-refractivity contribution in [3.63, 3.8) is 0 Å². The number of thiophene rings is 1. The van der Waals surface area contributed by atoms with Gasteiger partial charge < -0.3 is 30.2 Å². The second kappa shape index (κ2) is 19.5. The highest BCUT2D eigenvalue weighted by Gasteiger charge is 2.28. The zero-order valence-electron chi connectivity index (χ0n) is 32.2. The summed E-state index contributed by atoms with van der Waals surface area (Å²) in [5, 5.41) is 10.2.